The maximum atomic E-state index is 13.3. The van der Waals surface area contributed by atoms with Crippen molar-refractivity contribution in [2.45, 2.75) is 18.9 Å². The molecule has 0 bridgehead atoms. The molecule has 18 heavy (non-hydrogen) atoms. The molecule has 1 aromatic rings. The summed E-state index contributed by atoms with van der Waals surface area (Å²) in [4.78, 5) is 4.64. The van der Waals surface area contributed by atoms with Crippen LogP contribution in [0, 0.1) is 5.82 Å². The van der Waals surface area contributed by atoms with Crippen molar-refractivity contribution in [3.63, 3.8) is 0 Å². The van der Waals surface area contributed by atoms with E-state index < -0.39 is 0 Å². The first-order chi connectivity index (χ1) is 8.70. The van der Waals surface area contributed by atoms with E-state index in [4.69, 9.17) is 5.73 Å². The van der Waals surface area contributed by atoms with Crippen LogP contribution >= 0.6 is 0 Å². The Morgan fingerprint density at radius 1 is 1.39 bits per heavy atom. The third kappa shape index (κ3) is 3.21. The van der Waals surface area contributed by atoms with E-state index in [1.807, 2.05) is 6.07 Å². The highest BCUT2D eigenvalue weighted by atomic mass is 19.1. The van der Waals surface area contributed by atoms with Crippen LogP contribution in [0.1, 0.15) is 12.8 Å². The Morgan fingerprint density at radius 2 is 2.22 bits per heavy atom. The Bertz CT molecular complexity index is 383. The Balaban J connectivity index is 2.12. The van der Waals surface area contributed by atoms with Crippen LogP contribution in [0.2, 0.25) is 0 Å². The van der Waals surface area contributed by atoms with E-state index in [1.54, 1.807) is 12.1 Å². The second kappa shape index (κ2) is 6.16. The molecule has 2 rings (SSSR count). The van der Waals surface area contributed by atoms with E-state index >= 15 is 0 Å². The van der Waals surface area contributed by atoms with E-state index in [0.29, 0.717) is 12.6 Å². The summed E-state index contributed by atoms with van der Waals surface area (Å²) in [5.74, 6) is -0.166. The predicted molar refractivity (Wildman–Crippen MR) is 73.3 cm³/mol. The average Bonchev–Trinajstić information content (AvgIpc) is 2.53. The van der Waals surface area contributed by atoms with Gasteiger partial charge in [-0.15, -0.1) is 0 Å². The molecule has 0 amide bonds. The maximum absolute atomic E-state index is 13.3. The first kappa shape index (κ1) is 13.3. The summed E-state index contributed by atoms with van der Waals surface area (Å²) in [6.07, 6.45) is 2.09. The number of hydrogen-bond acceptors (Lipinski definition) is 3. The number of anilines is 1. The molecule has 1 saturated heterocycles. The van der Waals surface area contributed by atoms with Gasteiger partial charge in [-0.2, -0.15) is 0 Å². The van der Waals surface area contributed by atoms with Crippen LogP contribution in [0.25, 0.3) is 0 Å². The van der Waals surface area contributed by atoms with Crippen LogP contribution in [0.3, 0.4) is 0 Å². The molecule has 1 unspecified atom stereocenters. The molecule has 0 radical (unpaired) electrons. The minimum Gasteiger partial charge on any atom is -0.370 e. The molecule has 2 N–H and O–H groups in total. The molecule has 100 valence electrons. The van der Waals surface area contributed by atoms with Crippen molar-refractivity contribution in [2.75, 3.05) is 38.1 Å². The number of hydrogen-bond donors (Lipinski definition) is 1. The molecule has 0 saturated carbocycles. The third-order valence-electron chi connectivity index (χ3n) is 3.67. The van der Waals surface area contributed by atoms with Crippen molar-refractivity contribution < 1.29 is 4.39 Å². The molecule has 1 aromatic carbocycles. The van der Waals surface area contributed by atoms with Gasteiger partial charge in [-0.1, -0.05) is 6.07 Å². The van der Waals surface area contributed by atoms with Gasteiger partial charge in [0.15, 0.2) is 0 Å². The summed E-state index contributed by atoms with van der Waals surface area (Å²) in [7, 11) is 2.15. The number of likely N-dealkylation sites (N-methyl/N-ethyl adjacent to an activating group) is 1. The van der Waals surface area contributed by atoms with Crippen LogP contribution < -0.4 is 10.6 Å². The smallest absolute Gasteiger partial charge is 0.125 e. The highest BCUT2D eigenvalue weighted by molar-refractivity contribution is 5.46. The molecule has 1 heterocycles. The number of halogens is 1. The molecule has 1 atom stereocenters. The topological polar surface area (TPSA) is 32.5 Å². The maximum Gasteiger partial charge on any atom is 0.125 e. The van der Waals surface area contributed by atoms with Crippen molar-refractivity contribution in [3.8, 4) is 0 Å². The number of nitrogens with zero attached hydrogens (tertiary/aromatic N) is 2. The zero-order valence-electron chi connectivity index (χ0n) is 11.0. The summed E-state index contributed by atoms with van der Waals surface area (Å²) >= 11 is 0. The molecule has 4 heteroatoms. The lowest BCUT2D eigenvalue weighted by atomic mass is 10.1. The van der Waals surface area contributed by atoms with Gasteiger partial charge in [-0.05, 0) is 51.2 Å². The number of benzene rings is 1. The molecule has 1 fully saturated rings. The second-order valence-corrected chi connectivity index (χ2v) is 4.99. The standard InChI is InChI=1S/C14H22FN3/c1-17-8-3-9-18(11-14(17)6-7-16)13-5-2-4-12(15)10-13/h2,4-5,10,14H,3,6-9,11,16H2,1H3. The summed E-state index contributed by atoms with van der Waals surface area (Å²) in [5, 5.41) is 0. The van der Waals surface area contributed by atoms with Gasteiger partial charge < -0.3 is 15.5 Å². The van der Waals surface area contributed by atoms with E-state index in [9.17, 15) is 4.39 Å². The summed E-state index contributed by atoms with van der Waals surface area (Å²) < 4.78 is 13.3. The fourth-order valence-corrected chi connectivity index (χ4v) is 2.59. The van der Waals surface area contributed by atoms with Gasteiger partial charge in [0.1, 0.15) is 5.82 Å². The van der Waals surface area contributed by atoms with Crippen molar-refractivity contribution in [1.82, 2.24) is 4.90 Å². The molecule has 0 aromatic heterocycles. The SMILES string of the molecule is CN1CCCN(c2cccc(F)c2)CC1CCN. The minimum absolute atomic E-state index is 0.166. The summed E-state index contributed by atoms with van der Waals surface area (Å²) in [6.45, 7) is 3.69. The van der Waals surface area contributed by atoms with Crippen LogP contribution in [0.5, 0.6) is 0 Å². The van der Waals surface area contributed by atoms with Gasteiger partial charge in [0, 0.05) is 24.8 Å². The van der Waals surface area contributed by atoms with Crippen LogP contribution in [-0.4, -0.2) is 44.2 Å². The number of rotatable bonds is 3. The Morgan fingerprint density at radius 3 is 2.94 bits per heavy atom. The average molecular weight is 251 g/mol. The third-order valence-corrected chi connectivity index (χ3v) is 3.67. The molecule has 3 nitrogen and oxygen atoms in total. The van der Waals surface area contributed by atoms with Crippen LogP contribution in [-0.2, 0) is 0 Å². The van der Waals surface area contributed by atoms with Crippen molar-refractivity contribution in [2.24, 2.45) is 5.73 Å². The fourth-order valence-electron chi connectivity index (χ4n) is 2.59. The summed E-state index contributed by atoms with van der Waals surface area (Å²) in [6, 6.07) is 7.32. The zero-order valence-corrected chi connectivity index (χ0v) is 11.0. The summed E-state index contributed by atoms with van der Waals surface area (Å²) in [5.41, 5.74) is 6.65. The lowest BCUT2D eigenvalue weighted by Gasteiger charge is -2.29. The molecule has 0 spiro atoms. The molecule has 0 aliphatic carbocycles. The predicted octanol–water partition coefficient (Wildman–Crippen LogP) is 1.69. The highest BCUT2D eigenvalue weighted by Gasteiger charge is 2.21. The van der Waals surface area contributed by atoms with E-state index in [1.165, 1.54) is 6.07 Å². The van der Waals surface area contributed by atoms with Crippen molar-refractivity contribution >= 4 is 5.69 Å². The lowest BCUT2D eigenvalue weighted by molar-refractivity contribution is 0.251. The second-order valence-electron chi connectivity index (χ2n) is 4.99. The first-order valence-electron chi connectivity index (χ1n) is 6.61. The molecule has 1 aliphatic rings. The van der Waals surface area contributed by atoms with E-state index in [0.717, 1.165) is 38.2 Å². The first-order valence-corrected chi connectivity index (χ1v) is 6.61. The number of nitrogens with two attached hydrogens (primary N) is 1. The quantitative estimate of drug-likeness (QED) is 0.887. The molecular formula is C14H22FN3. The van der Waals surface area contributed by atoms with Gasteiger partial charge in [0.05, 0.1) is 0 Å². The zero-order chi connectivity index (χ0) is 13.0. The Labute approximate surface area is 108 Å². The van der Waals surface area contributed by atoms with Gasteiger partial charge >= 0.3 is 0 Å². The van der Waals surface area contributed by atoms with Gasteiger partial charge in [-0.25, -0.2) is 4.39 Å². The monoisotopic (exact) mass is 251 g/mol. The fraction of sp³-hybridized carbons (Fsp3) is 0.571. The van der Waals surface area contributed by atoms with E-state index in [2.05, 4.69) is 16.8 Å². The van der Waals surface area contributed by atoms with Crippen molar-refractivity contribution in [3.05, 3.63) is 30.1 Å². The Kier molecular flexibility index (Phi) is 4.55. The molecule has 1 aliphatic heterocycles. The highest BCUT2D eigenvalue weighted by Crippen LogP contribution is 2.20. The van der Waals surface area contributed by atoms with Crippen LogP contribution in [0.4, 0.5) is 10.1 Å². The van der Waals surface area contributed by atoms with Gasteiger partial charge in [0.25, 0.3) is 0 Å². The van der Waals surface area contributed by atoms with Gasteiger partial charge in [-0.3, -0.25) is 0 Å². The largest absolute Gasteiger partial charge is 0.370 e. The van der Waals surface area contributed by atoms with E-state index in [-0.39, 0.29) is 5.82 Å². The Hall–Kier alpha value is -1.13. The normalized spacial score (nSPS) is 21.9. The van der Waals surface area contributed by atoms with Gasteiger partial charge in [0.2, 0.25) is 0 Å². The molecular weight excluding hydrogens is 229 g/mol. The minimum atomic E-state index is -0.166. The van der Waals surface area contributed by atoms with Crippen molar-refractivity contribution in [1.29, 1.82) is 0 Å². The lowest BCUT2D eigenvalue weighted by Crippen LogP contribution is -2.40. The van der Waals surface area contributed by atoms with Crippen LogP contribution in [0.15, 0.2) is 24.3 Å².